The van der Waals surface area contributed by atoms with Crippen LogP contribution in [0.2, 0.25) is 0 Å². The van der Waals surface area contributed by atoms with Crippen LogP contribution in [-0.2, 0) is 27.4 Å². The van der Waals surface area contributed by atoms with E-state index >= 15 is 0 Å². The molecule has 1 fully saturated rings. The Morgan fingerprint density at radius 2 is 1.94 bits per heavy atom. The molecule has 9 heteroatoms. The molecule has 0 radical (unpaired) electrons. The highest BCUT2D eigenvalue weighted by Crippen LogP contribution is 2.39. The van der Waals surface area contributed by atoms with E-state index in [9.17, 15) is 13.2 Å². The Kier molecular flexibility index (Phi) is 4.73. The molecule has 0 spiro atoms. The number of aromatic nitrogens is 3. The van der Waals surface area contributed by atoms with E-state index in [4.69, 9.17) is 19.6 Å². The molecule has 1 atom stereocenters. The van der Waals surface area contributed by atoms with Gasteiger partial charge in [-0.05, 0) is 55.5 Å². The molecular weight excluding hydrogens is 418 g/mol. The second-order valence-electron chi connectivity index (χ2n) is 8.03. The largest absolute Gasteiger partial charge is 0.497 e. The van der Waals surface area contributed by atoms with E-state index < -0.39 is 15.8 Å². The smallest absolute Gasteiger partial charge is 0.339 e. The zero-order valence-electron chi connectivity index (χ0n) is 17.4. The predicted octanol–water partition coefficient (Wildman–Crippen LogP) is 2.74. The van der Waals surface area contributed by atoms with Crippen molar-refractivity contribution in [3.8, 4) is 17.0 Å². The van der Waals surface area contributed by atoms with Gasteiger partial charge in [-0.25, -0.2) is 22.9 Å². The third-order valence-corrected chi connectivity index (χ3v) is 7.92. The summed E-state index contributed by atoms with van der Waals surface area (Å²) in [5.74, 6) is 0.449. The lowest BCUT2D eigenvalue weighted by Gasteiger charge is -2.12. The highest BCUT2D eigenvalue weighted by molar-refractivity contribution is 7.91. The number of nitrogens with zero attached hydrogens (tertiary/aromatic N) is 3. The Bertz CT molecular complexity index is 1300. The summed E-state index contributed by atoms with van der Waals surface area (Å²) in [5, 5.41) is 5.45. The van der Waals surface area contributed by atoms with Gasteiger partial charge in [-0.3, -0.25) is 0 Å². The maximum Gasteiger partial charge on any atom is 0.339 e. The molecular formula is C22H23N3O5S. The molecule has 162 valence electrons. The Balaban J connectivity index is 1.81. The third-order valence-electron chi connectivity index (χ3n) is 6.17. The lowest BCUT2D eigenvalue weighted by Crippen LogP contribution is -2.14. The maximum absolute atomic E-state index is 12.9. The van der Waals surface area contributed by atoms with Crippen LogP contribution in [0.3, 0.4) is 0 Å². The average molecular weight is 442 g/mol. The molecule has 0 unspecified atom stereocenters. The van der Waals surface area contributed by atoms with Crippen LogP contribution in [0.25, 0.3) is 22.3 Å². The number of rotatable bonds is 4. The highest BCUT2D eigenvalue weighted by Gasteiger charge is 2.35. The first kappa shape index (κ1) is 20.0. The number of sulfone groups is 1. The summed E-state index contributed by atoms with van der Waals surface area (Å²) in [5.41, 5.74) is 4.23. The molecule has 5 rings (SSSR count). The van der Waals surface area contributed by atoms with Crippen molar-refractivity contribution in [2.75, 3.05) is 25.7 Å². The van der Waals surface area contributed by atoms with Crippen LogP contribution < -0.4 is 4.74 Å². The number of pyridine rings is 1. The second-order valence-corrected chi connectivity index (χ2v) is 10.3. The fourth-order valence-corrected chi connectivity index (χ4v) is 6.36. The van der Waals surface area contributed by atoms with E-state index in [1.807, 2.05) is 24.3 Å². The molecule has 31 heavy (non-hydrogen) atoms. The zero-order chi connectivity index (χ0) is 21.8. The molecule has 3 aromatic rings. The van der Waals surface area contributed by atoms with E-state index in [0.717, 1.165) is 36.1 Å². The number of carbonyl (C=O) groups is 1. The van der Waals surface area contributed by atoms with E-state index in [1.54, 1.807) is 11.8 Å². The molecule has 2 aliphatic rings. The van der Waals surface area contributed by atoms with Crippen molar-refractivity contribution in [2.24, 2.45) is 0 Å². The molecule has 1 saturated heterocycles. The summed E-state index contributed by atoms with van der Waals surface area (Å²) in [6, 6.07) is 7.12. The first-order valence-corrected chi connectivity index (χ1v) is 12.1. The molecule has 8 nitrogen and oxygen atoms in total. The number of hydrogen-bond donors (Lipinski definition) is 0. The third kappa shape index (κ3) is 3.27. The topological polar surface area (TPSA) is 100 Å². The normalized spacial score (nSPS) is 19.5. The molecule has 2 aromatic heterocycles. The summed E-state index contributed by atoms with van der Waals surface area (Å²) >= 11 is 0. The Hall–Kier alpha value is -2.94. The SMILES string of the molecule is COC(=O)c1c2c(nc3c1c(-c1ccc(OC)cc1)nn3[C@@H]1CCS(=O)(=O)C1)CCC2. The zero-order valence-corrected chi connectivity index (χ0v) is 18.2. The van der Waals surface area contributed by atoms with Gasteiger partial charge >= 0.3 is 5.97 Å². The Labute approximate surface area is 180 Å². The molecule has 0 bridgehead atoms. The van der Waals surface area contributed by atoms with Gasteiger partial charge in [-0.15, -0.1) is 0 Å². The number of methoxy groups -OCH3 is 2. The molecule has 0 saturated carbocycles. The van der Waals surface area contributed by atoms with Gasteiger partial charge in [0.1, 0.15) is 11.4 Å². The fraction of sp³-hybridized carbons (Fsp3) is 0.409. The summed E-state index contributed by atoms with van der Waals surface area (Å²) < 4.78 is 36.4. The van der Waals surface area contributed by atoms with Crippen molar-refractivity contribution in [2.45, 2.75) is 31.7 Å². The van der Waals surface area contributed by atoms with Crippen LogP contribution >= 0.6 is 0 Å². The molecule has 1 aliphatic carbocycles. The second kappa shape index (κ2) is 7.33. The van der Waals surface area contributed by atoms with Gasteiger partial charge in [0, 0.05) is 11.3 Å². The van der Waals surface area contributed by atoms with Crippen molar-refractivity contribution in [3.05, 3.63) is 41.1 Å². The standard InChI is InChI=1S/C22H23N3O5S/c1-29-15-8-6-13(7-9-15)20-19-18(22(26)30-2)16-4-3-5-17(16)23-21(19)25(24-20)14-10-11-31(27,28)12-14/h6-9,14H,3-5,10-12H2,1-2H3/t14-/m1/s1. The molecule has 0 amide bonds. The molecule has 0 N–H and O–H groups in total. The average Bonchev–Trinajstić information content (AvgIpc) is 3.48. The number of benzene rings is 1. The van der Waals surface area contributed by atoms with Crippen molar-refractivity contribution < 1.29 is 22.7 Å². The van der Waals surface area contributed by atoms with Crippen molar-refractivity contribution in [1.29, 1.82) is 0 Å². The summed E-state index contributed by atoms with van der Waals surface area (Å²) in [6.45, 7) is 0. The van der Waals surface area contributed by atoms with E-state index in [-0.39, 0.29) is 17.5 Å². The lowest BCUT2D eigenvalue weighted by atomic mass is 9.99. The Morgan fingerprint density at radius 3 is 2.58 bits per heavy atom. The minimum Gasteiger partial charge on any atom is -0.497 e. The number of ether oxygens (including phenoxy) is 2. The van der Waals surface area contributed by atoms with Gasteiger partial charge in [-0.1, -0.05) is 0 Å². The number of fused-ring (bicyclic) bond motifs is 2. The van der Waals surface area contributed by atoms with E-state index in [0.29, 0.717) is 34.5 Å². The lowest BCUT2D eigenvalue weighted by molar-refractivity contribution is 0.0601. The first-order valence-electron chi connectivity index (χ1n) is 10.3. The Morgan fingerprint density at radius 1 is 1.16 bits per heavy atom. The monoisotopic (exact) mass is 441 g/mol. The van der Waals surface area contributed by atoms with Crippen LogP contribution in [0.4, 0.5) is 0 Å². The van der Waals surface area contributed by atoms with Gasteiger partial charge in [0.05, 0.1) is 42.7 Å². The quantitative estimate of drug-likeness (QED) is 0.574. The predicted molar refractivity (Wildman–Crippen MR) is 115 cm³/mol. The van der Waals surface area contributed by atoms with Crippen LogP contribution in [0, 0.1) is 0 Å². The van der Waals surface area contributed by atoms with Gasteiger partial charge in [0.2, 0.25) is 0 Å². The summed E-state index contributed by atoms with van der Waals surface area (Å²) in [6.07, 6.45) is 2.94. The number of aryl methyl sites for hydroxylation is 1. The minimum atomic E-state index is -3.12. The van der Waals surface area contributed by atoms with Crippen molar-refractivity contribution in [1.82, 2.24) is 14.8 Å². The van der Waals surface area contributed by atoms with Crippen LogP contribution in [0.1, 0.15) is 40.5 Å². The maximum atomic E-state index is 12.9. The van der Waals surface area contributed by atoms with Gasteiger partial charge in [0.25, 0.3) is 0 Å². The van der Waals surface area contributed by atoms with Crippen molar-refractivity contribution in [3.63, 3.8) is 0 Å². The number of esters is 1. The minimum absolute atomic E-state index is 0.0259. The number of hydrogen-bond acceptors (Lipinski definition) is 7. The molecule has 1 aromatic carbocycles. The van der Waals surface area contributed by atoms with Crippen molar-refractivity contribution >= 4 is 26.8 Å². The summed E-state index contributed by atoms with van der Waals surface area (Å²) in [7, 11) is -0.145. The van der Waals surface area contributed by atoms with E-state index in [2.05, 4.69) is 0 Å². The van der Waals surface area contributed by atoms with Gasteiger partial charge < -0.3 is 9.47 Å². The van der Waals surface area contributed by atoms with Gasteiger partial charge in [-0.2, -0.15) is 5.10 Å². The van der Waals surface area contributed by atoms with Gasteiger partial charge in [0.15, 0.2) is 15.5 Å². The number of carbonyl (C=O) groups excluding carboxylic acids is 1. The molecule has 1 aliphatic heterocycles. The first-order chi connectivity index (χ1) is 14.9. The van der Waals surface area contributed by atoms with Crippen LogP contribution in [0.15, 0.2) is 24.3 Å². The summed E-state index contributed by atoms with van der Waals surface area (Å²) in [4.78, 5) is 17.8. The van der Waals surface area contributed by atoms with E-state index in [1.165, 1.54) is 7.11 Å². The fourth-order valence-electron chi connectivity index (χ4n) is 4.66. The van der Waals surface area contributed by atoms with Crippen LogP contribution in [-0.4, -0.2) is 54.9 Å². The molecule has 3 heterocycles. The highest BCUT2D eigenvalue weighted by atomic mass is 32.2. The van der Waals surface area contributed by atoms with Crippen LogP contribution in [0.5, 0.6) is 5.75 Å².